The van der Waals surface area contributed by atoms with E-state index in [1.807, 2.05) is 47.1 Å². The van der Waals surface area contributed by atoms with Gasteiger partial charge in [0.05, 0.1) is 12.6 Å². The van der Waals surface area contributed by atoms with Gasteiger partial charge in [0, 0.05) is 53.4 Å². The molecule has 5 rings (SSSR count). The minimum Gasteiger partial charge on any atom is -0.497 e. The Morgan fingerprint density at radius 1 is 1.11 bits per heavy atom. The maximum absolute atomic E-state index is 13.5. The normalized spacial score (nSPS) is 15.8. The summed E-state index contributed by atoms with van der Waals surface area (Å²) in [4.78, 5) is 21.2. The van der Waals surface area contributed by atoms with E-state index < -0.39 is 6.04 Å². The third-order valence-electron chi connectivity index (χ3n) is 7.40. The number of aromatic amines is 1. The molecule has 10 heteroatoms. The summed E-state index contributed by atoms with van der Waals surface area (Å²) in [5.74, 6) is 1.39. The van der Waals surface area contributed by atoms with E-state index in [0.717, 1.165) is 60.0 Å². The third-order valence-corrected chi connectivity index (χ3v) is 7.64. The number of nitrogens with zero attached hydrogens (tertiary/aromatic N) is 6. The van der Waals surface area contributed by atoms with Crippen molar-refractivity contribution in [1.29, 1.82) is 0 Å². The van der Waals surface area contributed by atoms with Crippen molar-refractivity contribution in [2.24, 2.45) is 0 Å². The second-order valence-corrected chi connectivity index (χ2v) is 10.5. The van der Waals surface area contributed by atoms with Crippen LogP contribution in [0, 0.1) is 0 Å². The predicted molar refractivity (Wildman–Crippen MR) is 146 cm³/mol. The fourth-order valence-corrected chi connectivity index (χ4v) is 5.07. The molecule has 0 aliphatic carbocycles. The lowest BCUT2D eigenvalue weighted by atomic mass is 9.98. The van der Waals surface area contributed by atoms with Crippen LogP contribution in [0.5, 0.6) is 5.75 Å². The molecular formula is C27H32ClN7O2. The molecule has 0 bridgehead atoms. The Labute approximate surface area is 221 Å². The molecule has 0 saturated carbocycles. The number of pyridine rings is 1. The molecule has 1 saturated heterocycles. The Kier molecular flexibility index (Phi) is 6.92. The Hall–Kier alpha value is -3.43. The Balaban J connectivity index is 1.57. The van der Waals surface area contributed by atoms with Crippen LogP contribution in [0.25, 0.3) is 10.9 Å². The van der Waals surface area contributed by atoms with Gasteiger partial charge in [-0.3, -0.25) is 9.69 Å². The topological polar surface area (TPSA) is 92.2 Å². The van der Waals surface area contributed by atoms with Crippen LogP contribution in [0.2, 0.25) is 5.02 Å². The molecule has 0 unspecified atom stereocenters. The zero-order valence-electron chi connectivity index (χ0n) is 21.6. The lowest BCUT2D eigenvalue weighted by Gasteiger charge is -2.40. The van der Waals surface area contributed by atoms with Crippen LogP contribution in [0.15, 0.2) is 53.3 Å². The quantitative estimate of drug-likeness (QED) is 0.389. The number of halogens is 1. The molecule has 4 aromatic rings. The minimum absolute atomic E-state index is 0.149. The molecule has 1 N–H and O–H groups in total. The number of piperazine rings is 1. The summed E-state index contributed by atoms with van der Waals surface area (Å²) in [7, 11) is 1.64. The molecule has 2 aromatic carbocycles. The number of aromatic nitrogens is 5. The van der Waals surface area contributed by atoms with Crippen LogP contribution in [0.1, 0.15) is 44.6 Å². The van der Waals surface area contributed by atoms with Gasteiger partial charge in [-0.05, 0) is 73.2 Å². The second kappa shape index (κ2) is 10.1. The number of hydrogen-bond donors (Lipinski definition) is 1. The van der Waals surface area contributed by atoms with Gasteiger partial charge >= 0.3 is 0 Å². The number of rotatable bonds is 7. The number of hydrogen-bond acceptors (Lipinski definition) is 7. The molecule has 194 valence electrons. The third kappa shape index (κ3) is 4.93. The number of tetrazole rings is 1. The van der Waals surface area contributed by atoms with Crippen LogP contribution in [0.4, 0.5) is 5.69 Å². The van der Waals surface area contributed by atoms with E-state index in [0.29, 0.717) is 11.4 Å². The summed E-state index contributed by atoms with van der Waals surface area (Å²) in [5, 5.41) is 14.5. The van der Waals surface area contributed by atoms with Crippen molar-refractivity contribution >= 4 is 28.2 Å². The zero-order valence-corrected chi connectivity index (χ0v) is 22.4. The first-order chi connectivity index (χ1) is 17.8. The molecule has 0 radical (unpaired) electrons. The van der Waals surface area contributed by atoms with Crippen LogP contribution in [-0.2, 0) is 5.54 Å². The molecule has 1 fully saturated rings. The molecule has 1 aliphatic rings. The summed E-state index contributed by atoms with van der Waals surface area (Å²) in [6.07, 6.45) is 0.839. The SMILES string of the molecule is CCC(C)(C)n1nnnc1[C@H](c1cc2cc(OC)ccc2[nH]c1=O)N1CCN(c2cccc(Cl)c2)CC1. The van der Waals surface area contributed by atoms with E-state index in [2.05, 4.69) is 57.1 Å². The van der Waals surface area contributed by atoms with Crippen molar-refractivity contribution < 1.29 is 4.74 Å². The highest BCUT2D eigenvalue weighted by molar-refractivity contribution is 6.30. The van der Waals surface area contributed by atoms with E-state index in [-0.39, 0.29) is 11.1 Å². The summed E-state index contributed by atoms with van der Waals surface area (Å²) < 4.78 is 7.30. The number of methoxy groups -OCH3 is 1. The first-order valence-electron chi connectivity index (χ1n) is 12.5. The monoisotopic (exact) mass is 521 g/mol. The first-order valence-corrected chi connectivity index (χ1v) is 12.9. The van der Waals surface area contributed by atoms with Gasteiger partial charge in [0.2, 0.25) is 0 Å². The van der Waals surface area contributed by atoms with E-state index in [1.54, 1.807) is 7.11 Å². The molecule has 1 atom stereocenters. The fraction of sp³-hybridized carbons (Fsp3) is 0.407. The van der Waals surface area contributed by atoms with Crippen molar-refractivity contribution in [2.45, 2.75) is 38.8 Å². The number of fused-ring (bicyclic) bond motifs is 1. The first kappa shape index (κ1) is 25.2. The van der Waals surface area contributed by atoms with Crippen molar-refractivity contribution in [3.8, 4) is 5.75 Å². The van der Waals surface area contributed by atoms with Gasteiger partial charge in [-0.1, -0.05) is 24.6 Å². The largest absolute Gasteiger partial charge is 0.497 e. The van der Waals surface area contributed by atoms with Gasteiger partial charge < -0.3 is 14.6 Å². The molecule has 3 heterocycles. The number of anilines is 1. The van der Waals surface area contributed by atoms with Gasteiger partial charge in [0.1, 0.15) is 11.8 Å². The average molecular weight is 522 g/mol. The van der Waals surface area contributed by atoms with Gasteiger partial charge in [-0.15, -0.1) is 5.10 Å². The summed E-state index contributed by atoms with van der Waals surface area (Å²) in [6.45, 7) is 9.36. The van der Waals surface area contributed by atoms with E-state index in [9.17, 15) is 4.79 Å². The van der Waals surface area contributed by atoms with E-state index in [4.69, 9.17) is 16.3 Å². The summed E-state index contributed by atoms with van der Waals surface area (Å²) in [5.41, 5.74) is 2.00. The molecular weight excluding hydrogens is 490 g/mol. The van der Waals surface area contributed by atoms with Crippen LogP contribution in [0.3, 0.4) is 0 Å². The van der Waals surface area contributed by atoms with Crippen LogP contribution >= 0.6 is 11.6 Å². The van der Waals surface area contributed by atoms with Crippen molar-refractivity contribution in [3.05, 3.63) is 75.3 Å². The molecule has 0 spiro atoms. The maximum atomic E-state index is 13.5. The smallest absolute Gasteiger partial charge is 0.253 e. The van der Waals surface area contributed by atoms with Gasteiger partial charge in [0.15, 0.2) is 5.82 Å². The lowest BCUT2D eigenvalue weighted by molar-refractivity contribution is 0.186. The highest BCUT2D eigenvalue weighted by Gasteiger charge is 2.35. The van der Waals surface area contributed by atoms with Gasteiger partial charge in [-0.25, -0.2) is 4.68 Å². The standard InChI is InChI=1S/C27H32ClN7O2/c1-5-27(2,3)35-25(30-31-32-35)24(22-16-18-15-21(37-4)9-10-23(18)29-26(22)36)34-13-11-33(12-14-34)20-8-6-7-19(28)17-20/h6-10,15-17,24H,5,11-14H2,1-4H3,(H,29,36)/t24-/m0/s1. The average Bonchev–Trinajstić information content (AvgIpc) is 3.40. The number of ether oxygens (including phenoxy) is 1. The number of benzene rings is 2. The molecule has 2 aromatic heterocycles. The Morgan fingerprint density at radius 3 is 2.59 bits per heavy atom. The minimum atomic E-state index is -0.415. The summed E-state index contributed by atoms with van der Waals surface area (Å²) >= 11 is 6.24. The molecule has 0 amide bonds. The second-order valence-electron chi connectivity index (χ2n) is 10.0. The molecule has 37 heavy (non-hydrogen) atoms. The highest BCUT2D eigenvalue weighted by atomic mass is 35.5. The Morgan fingerprint density at radius 2 is 1.89 bits per heavy atom. The molecule has 9 nitrogen and oxygen atoms in total. The van der Waals surface area contributed by atoms with Crippen molar-refractivity contribution in [3.63, 3.8) is 0 Å². The number of H-pyrrole nitrogens is 1. The van der Waals surface area contributed by atoms with E-state index >= 15 is 0 Å². The van der Waals surface area contributed by atoms with Crippen molar-refractivity contribution in [1.82, 2.24) is 30.1 Å². The highest BCUT2D eigenvalue weighted by Crippen LogP contribution is 2.32. The van der Waals surface area contributed by atoms with Crippen LogP contribution in [-0.4, -0.2) is 63.4 Å². The van der Waals surface area contributed by atoms with E-state index in [1.165, 1.54) is 0 Å². The Bertz CT molecular complexity index is 1460. The zero-order chi connectivity index (χ0) is 26.2. The molecule has 1 aliphatic heterocycles. The maximum Gasteiger partial charge on any atom is 0.253 e. The predicted octanol–water partition coefficient (Wildman–Crippen LogP) is 4.23. The van der Waals surface area contributed by atoms with Gasteiger partial charge in [0.25, 0.3) is 5.56 Å². The fourth-order valence-electron chi connectivity index (χ4n) is 4.89. The van der Waals surface area contributed by atoms with Gasteiger partial charge in [-0.2, -0.15) is 0 Å². The summed E-state index contributed by atoms with van der Waals surface area (Å²) in [6, 6.07) is 15.1. The lowest BCUT2D eigenvalue weighted by Crippen LogP contribution is -2.49. The number of nitrogens with one attached hydrogen (secondary N) is 1. The van der Waals surface area contributed by atoms with Crippen molar-refractivity contribution in [2.75, 3.05) is 38.2 Å². The van der Waals surface area contributed by atoms with Crippen LogP contribution < -0.4 is 15.2 Å².